The summed E-state index contributed by atoms with van der Waals surface area (Å²) >= 11 is 0. The highest BCUT2D eigenvalue weighted by atomic mass is 16.5. The Kier molecular flexibility index (Phi) is 5.42. The molecule has 2 rings (SSSR count). The summed E-state index contributed by atoms with van der Waals surface area (Å²) in [5, 5.41) is 3.58. The number of rotatable bonds is 4. The number of likely N-dealkylation sites (N-methyl/N-ethyl adjacent to an activating group) is 1. The monoisotopic (exact) mass is 255 g/mol. The van der Waals surface area contributed by atoms with Gasteiger partial charge >= 0.3 is 0 Å². The van der Waals surface area contributed by atoms with E-state index < -0.39 is 0 Å². The lowest BCUT2D eigenvalue weighted by Crippen LogP contribution is -2.58. The average molecular weight is 255 g/mol. The molecule has 3 unspecified atom stereocenters. The van der Waals surface area contributed by atoms with Gasteiger partial charge in [-0.1, -0.05) is 13.8 Å². The van der Waals surface area contributed by atoms with Crippen LogP contribution in [0, 0.1) is 0 Å². The van der Waals surface area contributed by atoms with Crippen LogP contribution in [-0.2, 0) is 4.74 Å². The van der Waals surface area contributed by atoms with Gasteiger partial charge in [0.1, 0.15) is 0 Å². The number of nitrogens with zero attached hydrogens (tertiary/aromatic N) is 2. The van der Waals surface area contributed by atoms with Gasteiger partial charge in [0, 0.05) is 44.8 Å². The van der Waals surface area contributed by atoms with E-state index in [1.807, 2.05) is 0 Å². The lowest BCUT2D eigenvalue weighted by Gasteiger charge is -2.42. The van der Waals surface area contributed by atoms with Crippen LogP contribution in [0.1, 0.15) is 27.2 Å². The van der Waals surface area contributed by atoms with E-state index in [1.54, 1.807) is 0 Å². The molecule has 2 aliphatic heterocycles. The third-order valence-corrected chi connectivity index (χ3v) is 4.31. The first kappa shape index (κ1) is 14.3. The lowest BCUT2D eigenvalue weighted by molar-refractivity contribution is -0.0517. The molecule has 0 saturated carbocycles. The van der Waals surface area contributed by atoms with Gasteiger partial charge in [-0.15, -0.1) is 0 Å². The van der Waals surface area contributed by atoms with E-state index >= 15 is 0 Å². The van der Waals surface area contributed by atoms with Crippen molar-refractivity contribution in [2.45, 2.75) is 45.4 Å². The van der Waals surface area contributed by atoms with Gasteiger partial charge in [-0.25, -0.2) is 0 Å². The first-order valence-corrected chi connectivity index (χ1v) is 7.54. The summed E-state index contributed by atoms with van der Waals surface area (Å²) in [6, 6.07) is 1.29. The van der Waals surface area contributed by atoms with Crippen molar-refractivity contribution in [2.75, 3.05) is 45.9 Å². The third kappa shape index (κ3) is 3.67. The second-order valence-corrected chi connectivity index (χ2v) is 5.71. The molecule has 0 radical (unpaired) electrons. The minimum atomic E-state index is 0.401. The van der Waals surface area contributed by atoms with Crippen molar-refractivity contribution in [1.82, 2.24) is 15.1 Å². The van der Waals surface area contributed by atoms with Crippen molar-refractivity contribution in [3.8, 4) is 0 Å². The van der Waals surface area contributed by atoms with Crippen molar-refractivity contribution in [2.24, 2.45) is 0 Å². The molecule has 4 nitrogen and oxygen atoms in total. The topological polar surface area (TPSA) is 27.7 Å². The Morgan fingerprint density at radius 1 is 1.28 bits per heavy atom. The smallest absolute Gasteiger partial charge is 0.0829 e. The highest BCUT2D eigenvalue weighted by molar-refractivity contribution is 4.86. The molecule has 0 aromatic heterocycles. The van der Waals surface area contributed by atoms with Crippen LogP contribution in [0.25, 0.3) is 0 Å². The van der Waals surface area contributed by atoms with E-state index in [0.717, 1.165) is 45.9 Å². The van der Waals surface area contributed by atoms with E-state index in [9.17, 15) is 0 Å². The highest BCUT2D eigenvalue weighted by Crippen LogP contribution is 2.14. The molecule has 106 valence electrons. The molecule has 0 aliphatic carbocycles. The molecular formula is C14H29N3O. The Morgan fingerprint density at radius 2 is 2.11 bits per heavy atom. The molecule has 0 aromatic rings. The van der Waals surface area contributed by atoms with Crippen molar-refractivity contribution >= 4 is 0 Å². The molecule has 4 heteroatoms. The first-order chi connectivity index (χ1) is 8.72. The summed E-state index contributed by atoms with van der Waals surface area (Å²) in [6.07, 6.45) is 1.63. The number of nitrogens with one attached hydrogen (secondary N) is 1. The van der Waals surface area contributed by atoms with Gasteiger partial charge in [-0.2, -0.15) is 0 Å². The minimum absolute atomic E-state index is 0.401. The fraction of sp³-hybridized carbons (Fsp3) is 1.00. The SMILES string of the molecule is CCC1CNC(C)CN1CC1CN(CC)CCO1. The van der Waals surface area contributed by atoms with E-state index in [2.05, 4.69) is 35.9 Å². The zero-order valence-corrected chi connectivity index (χ0v) is 12.2. The van der Waals surface area contributed by atoms with Crippen molar-refractivity contribution < 1.29 is 4.74 Å². The quantitative estimate of drug-likeness (QED) is 0.803. The van der Waals surface area contributed by atoms with Crippen LogP contribution in [-0.4, -0.2) is 73.9 Å². The third-order valence-electron chi connectivity index (χ3n) is 4.31. The predicted molar refractivity (Wildman–Crippen MR) is 75.0 cm³/mol. The molecule has 2 saturated heterocycles. The molecule has 0 bridgehead atoms. The predicted octanol–water partition coefficient (Wildman–Crippen LogP) is 0.779. The van der Waals surface area contributed by atoms with Gasteiger partial charge in [0.15, 0.2) is 0 Å². The molecule has 2 aliphatic rings. The van der Waals surface area contributed by atoms with Crippen LogP contribution in [0.3, 0.4) is 0 Å². The van der Waals surface area contributed by atoms with E-state index in [4.69, 9.17) is 4.74 Å². The summed E-state index contributed by atoms with van der Waals surface area (Å²) in [5.41, 5.74) is 0. The summed E-state index contributed by atoms with van der Waals surface area (Å²) < 4.78 is 5.94. The number of hydrogen-bond donors (Lipinski definition) is 1. The van der Waals surface area contributed by atoms with Gasteiger partial charge in [-0.05, 0) is 19.9 Å². The second-order valence-electron chi connectivity index (χ2n) is 5.71. The number of ether oxygens (including phenoxy) is 1. The second kappa shape index (κ2) is 6.85. The van der Waals surface area contributed by atoms with Crippen LogP contribution < -0.4 is 5.32 Å². The summed E-state index contributed by atoms with van der Waals surface area (Å²) in [7, 11) is 0. The van der Waals surface area contributed by atoms with Crippen LogP contribution in [0.5, 0.6) is 0 Å². The fourth-order valence-electron chi connectivity index (χ4n) is 3.10. The van der Waals surface area contributed by atoms with Gasteiger partial charge in [0.25, 0.3) is 0 Å². The van der Waals surface area contributed by atoms with E-state index in [0.29, 0.717) is 18.2 Å². The molecule has 3 atom stereocenters. The molecule has 2 fully saturated rings. The minimum Gasteiger partial charge on any atom is -0.374 e. The maximum atomic E-state index is 5.94. The van der Waals surface area contributed by atoms with Crippen LogP contribution >= 0.6 is 0 Å². The Labute approximate surface area is 112 Å². The molecule has 0 aromatic carbocycles. The zero-order chi connectivity index (χ0) is 13.0. The Morgan fingerprint density at radius 3 is 2.83 bits per heavy atom. The van der Waals surface area contributed by atoms with Crippen LogP contribution in [0.2, 0.25) is 0 Å². The van der Waals surface area contributed by atoms with Gasteiger partial charge < -0.3 is 10.1 Å². The standard InChI is InChI=1S/C14H29N3O/c1-4-13-8-15-12(3)9-17(13)11-14-10-16(5-2)6-7-18-14/h12-15H,4-11H2,1-3H3. The molecule has 0 spiro atoms. The zero-order valence-electron chi connectivity index (χ0n) is 12.2. The Hall–Kier alpha value is -0.160. The fourth-order valence-corrected chi connectivity index (χ4v) is 3.10. The van der Waals surface area contributed by atoms with E-state index in [-0.39, 0.29) is 0 Å². The number of piperazine rings is 1. The molecular weight excluding hydrogens is 226 g/mol. The maximum Gasteiger partial charge on any atom is 0.0829 e. The average Bonchev–Trinajstić information content (AvgIpc) is 2.39. The number of morpholine rings is 1. The Balaban J connectivity index is 1.85. The normalized spacial score (nSPS) is 35.8. The maximum absolute atomic E-state index is 5.94. The van der Waals surface area contributed by atoms with Crippen molar-refractivity contribution in [3.05, 3.63) is 0 Å². The number of hydrogen-bond acceptors (Lipinski definition) is 4. The molecule has 0 amide bonds. The Bertz CT molecular complexity index is 249. The summed E-state index contributed by atoms with van der Waals surface area (Å²) in [5.74, 6) is 0. The highest BCUT2D eigenvalue weighted by Gasteiger charge is 2.28. The van der Waals surface area contributed by atoms with Crippen molar-refractivity contribution in [1.29, 1.82) is 0 Å². The lowest BCUT2D eigenvalue weighted by atomic mass is 10.1. The van der Waals surface area contributed by atoms with Gasteiger partial charge in [0.2, 0.25) is 0 Å². The van der Waals surface area contributed by atoms with E-state index in [1.165, 1.54) is 6.42 Å². The van der Waals surface area contributed by atoms with Gasteiger partial charge in [0.05, 0.1) is 12.7 Å². The molecule has 18 heavy (non-hydrogen) atoms. The molecule has 1 N–H and O–H groups in total. The molecule has 2 heterocycles. The van der Waals surface area contributed by atoms with Crippen LogP contribution in [0.4, 0.5) is 0 Å². The summed E-state index contributed by atoms with van der Waals surface area (Å²) in [6.45, 7) is 14.4. The van der Waals surface area contributed by atoms with Crippen LogP contribution in [0.15, 0.2) is 0 Å². The largest absolute Gasteiger partial charge is 0.374 e. The first-order valence-electron chi connectivity index (χ1n) is 7.54. The van der Waals surface area contributed by atoms with Gasteiger partial charge in [-0.3, -0.25) is 9.80 Å². The summed E-state index contributed by atoms with van der Waals surface area (Å²) in [4.78, 5) is 5.13. The van der Waals surface area contributed by atoms with Crippen molar-refractivity contribution in [3.63, 3.8) is 0 Å².